The molecule has 1 heterocycles. The van der Waals surface area contributed by atoms with Gasteiger partial charge in [0.15, 0.2) is 0 Å². The van der Waals surface area contributed by atoms with Gasteiger partial charge in [-0.3, -0.25) is 4.79 Å². The van der Waals surface area contributed by atoms with Gasteiger partial charge in [-0.15, -0.1) is 0 Å². The fraction of sp³-hybridized carbons (Fsp3) is 0.577. The Hall–Kier alpha value is -1.85. The molecule has 170 valence electrons. The van der Waals surface area contributed by atoms with E-state index >= 15 is 0 Å². The lowest BCUT2D eigenvalue weighted by Crippen LogP contribution is -2.41. The Morgan fingerprint density at radius 1 is 1.10 bits per heavy atom. The Morgan fingerprint density at radius 2 is 1.68 bits per heavy atom. The van der Waals surface area contributed by atoms with Crippen molar-refractivity contribution in [2.75, 3.05) is 0 Å². The molecule has 0 bridgehead atoms. The molecule has 0 aromatic heterocycles. The highest BCUT2D eigenvalue weighted by Crippen LogP contribution is 2.42. The van der Waals surface area contributed by atoms with Gasteiger partial charge in [0.05, 0.1) is 11.2 Å². The van der Waals surface area contributed by atoms with Gasteiger partial charge >= 0.3 is 13.1 Å². The van der Waals surface area contributed by atoms with Crippen LogP contribution in [0.25, 0.3) is 5.57 Å². The zero-order valence-corrected chi connectivity index (χ0v) is 20.6. The van der Waals surface area contributed by atoms with E-state index < -0.39 is 23.9 Å². The molecule has 0 unspecified atom stereocenters. The van der Waals surface area contributed by atoms with Crippen LogP contribution in [-0.4, -0.2) is 29.9 Å². The summed E-state index contributed by atoms with van der Waals surface area (Å²) in [6.45, 7) is 15.7. The fourth-order valence-electron chi connectivity index (χ4n) is 3.70. The zero-order valence-electron chi connectivity index (χ0n) is 20.6. The molecule has 1 aromatic rings. The van der Waals surface area contributed by atoms with Crippen LogP contribution in [0.2, 0.25) is 0 Å². The van der Waals surface area contributed by atoms with Crippen LogP contribution >= 0.6 is 0 Å². The molecule has 0 saturated carbocycles. The smallest absolute Gasteiger partial charge is 0.460 e. The van der Waals surface area contributed by atoms with Crippen molar-refractivity contribution in [1.29, 1.82) is 0 Å². The van der Waals surface area contributed by atoms with Crippen molar-refractivity contribution in [2.45, 2.75) is 97.9 Å². The Bertz CT molecular complexity index is 790. The number of carbonyl (C=O) groups excluding carboxylic acids is 1. The molecule has 4 nitrogen and oxygen atoms in total. The van der Waals surface area contributed by atoms with E-state index in [1.807, 2.05) is 32.0 Å². The highest BCUT2D eigenvalue weighted by atomic mass is 16.7. The molecule has 0 atom stereocenters. The minimum atomic E-state index is -0.692. The first-order valence-corrected chi connectivity index (χ1v) is 11.4. The van der Waals surface area contributed by atoms with Crippen molar-refractivity contribution in [3.05, 3.63) is 53.5 Å². The molecule has 0 spiro atoms. The van der Waals surface area contributed by atoms with Crippen LogP contribution < -0.4 is 0 Å². The van der Waals surface area contributed by atoms with Crippen molar-refractivity contribution in [3.8, 4) is 0 Å². The van der Waals surface area contributed by atoms with Gasteiger partial charge in [0, 0.05) is 13.3 Å². The molecule has 2 rings (SSSR count). The number of esters is 1. The predicted molar refractivity (Wildman–Crippen MR) is 129 cm³/mol. The summed E-state index contributed by atoms with van der Waals surface area (Å²) < 4.78 is 18.6. The number of rotatable bonds is 9. The van der Waals surface area contributed by atoms with Crippen molar-refractivity contribution in [1.82, 2.24) is 0 Å². The molecule has 1 aliphatic rings. The summed E-state index contributed by atoms with van der Waals surface area (Å²) in [4.78, 5) is 11.7. The normalized spacial score (nSPS) is 18.9. The lowest BCUT2D eigenvalue weighted by molar-refractivity contribution is -0.153. The summed E-state index contributed by atoms with van der Waals surface area (Å²) in [5.41, 5.74) is 1.55. The molecule has 0 aliphatic carbocycles. The number of hydrogen-bond donors (Lipinski definition) is 0. The Kier molecular flexibility index (Phi) is 8.35. The van der Waals surface area contributed by atoms with Gasteiger partial charge in [0.2, 0.25) is 0 Å². The standard InChI is InChI=1S/C26H39BO4/c1-9-10-11-15-18-22(21-16-13-12-14-17-21)23(19-24(3,4)29-20(2)28)27-30-25(5,6)26(7,8)31-27/h12-18H,9-11,19H2,1-8H3/b18-15+,23-22-. The number of benzene rings is 1. The van der Waals surface area contributed by atoms with E-state index in [0.717, 1.165) is 35.9 Å². The van der Waals surface area contributed by atoms with Crippen molar-refractivity contribution in [3.63, 3.8) is 0 Å². The quantitative estimate of drug-likeness (QED) is 0.194. The van der Waals surface area contributed by atoms with E-state index in [-0.39, 0.29) is 5.97 Å². The average Bonchev–Trinajstić information content (AvgIpc) is 2.87. The topological polar surface area (TPSA) is 44.8 Å². The van der Waals surface area contributed by atoms with Gasteiger partial charge in [0.1, 0.15) is 5.60 Å². The highest BCUT2D eigenvalue weighted by Gasteiger charge is 2.53. The average molecular weight is 426 g/mol. The fourth-order valence-corrected chi connectivity index (χ4v) is 3.70. The molecular formula is C26H39BO4. The molecule has 1 aliphatic heterocycles. The van der Waals surface area contributed by atoms with Crippen LogP contribution in [0.1, 0.15) is 86.6 Å². The third-order valence-corrected chi connectivity index (χ3v) is 6.01. The van der Waals surface area contributed by atoms with Gasteiger partial charge < -0.3 is 14.0 Å². The molecule has 1 aromatic carbocycles. The second-order valence-corrected chi connectivity index (χ2v) is 9.97. The number of ether oxygens (including phenoxy) is 1. The first kappa shape index (κ1) is 25.4. The number of unbranched alkanes of at least 4 members (excludes halogenated alkanes) is 2. The molecule has 31 heavy (non-hydrogen) atoms. The van der Waals surface area contributed by atoms with Crippen LogP contribution in [0.5, 0.6) is 0 Å². The predicted octanol–water partition coefficient (Wildman–Crippen LogP) is 6.55. The third-order valence-electron chi connectivity index (χ3n) is 6.01. The number of carbonyl (C=O) groups is 1. The third kappa shape index (κ3) is 6.82. The Morgan fingerprint density at radius 3 is 2.19 bits per heavy atom. The molecule has 0 N–H and O–H groups in total. The molecule has 5 heteroatoms. The van der Waals surface area contributed by atoms with Gasteiger partial charge in [-0.2, -0.15) is 0 Å². The van der Waals surface area contributed by atoms with Crippen molar-refractivity contribution >= 4 is 18.7 Å². The van der Waals surface area contributed by atoms with Crippen LogP contribution in [0.15, 0.2) is 48.0 Å². The van der Waals surface area contributed by atoms with Crippen LogP contribution in [0.3, 0.4) is 0 Å². The summed E-state index contributed by atoms with van der Waals surface area (Å²) in [6.07, 6.45) is 8.20. The SMILES string of the molecule is CCCC/C=C/C(=C(\CC(C)(C)OC(C)=O)B1OC(C)(C)C(C)(C)O1)c1ccccc1. The zero-order chi connectivity index (χ0) is 23.3. The molecule has 0 amide bonds. The summed E-state index contributed by atoms with van der Waals surface area (Å²) >= 11 is 0. The summed E-state index contributed by atoms with van der Waals surface area (Å²) in [7, 11) is -0.522. The maximum absolute atomic E-state index is 11.7. The minimum absolute atomic E-state index is 0.294. The van der Waals surface area contributed by atoms with Gasteiger partial charge in [-0.25, -0.2) is 0 Å². The van der Waals surface area contributed by atoms with Crippen molar-refractivity contribution < 1.29 is 18.8 Å². The maximum atomic E-state index is 11.7. The van der Waals surface area contributed by atoms with Gasteiger partial charge in [-0.1, -0.05) is 62.2 Å². The number of hydrogen-bond acceptors (Lipinski definition) is 4. The van der Waals surface area contributed by atoms with E-state index in [0.29, 0.717) is 6.42 Å². The van der Waals surface area contributed by atoms with E-state index in [2.05, 4.69) is 58.9 Å². The summed E-state index contributed by atoms with van der Waals surface area (Å²) in [5.74, 6) is -0.294. The molecule has 0 radical (unpaired) electrons. The maximum Gasteiger partial charge on any atom is 0.491 e. The summed E-state index contributed by atoms with van der Waals surface area (Å²) in [5, 5.41) is 0. The van der Waals surface area contributed by atoms with E-state index in [1.54, 1.807) is 0 Å². The number of allylic oxidation sites excluding steroid dienone is 3. The molecule has 1 saturated heterocycles. The van der Waals surface area contributed by atoms with Crippen LogP contribution in [-0.2, 0) is 18.8 Å². The van der Waals surface area contributed by atoms with E-state index in [1.165, 1.54) is 6.92 Å². The highest BCUT2D eigenvalue weighted by molar-refractivity contribution is 6.56. The van der Waals surface area contributed by atoms with E-state index in [9.17, 15) is 4.79 Å². The lowest BCUT2D eigenvalue weighted by Gasteiger charge is -2.32. The lowest BCUT2D eigenvalue weighted by atomic mass is 9.69. The Balaban J connectivity index is 2.60. The van der Waals surface area contributed by atoms with E-state index in [4.69, 9.17) is 14.0 Å². The monoisotopic (exact) mass is 426 g/mol. The minimum Gasteiger partial charge on any atom is -0.460 e. The largest absolute Gasteiger partial charge is 0.491 e. The second kappa shape index (κ2) is 10.2. The van der Waals surface area contributed by atoms with Crippen LogP contribution in [0.4, 0.5) is 0 Å². The van der Waals surface area contributed by atoms with Crippen LogP contribution in [0, 0.1) is 0 Å². The first-order chi connectivity index (χ1) is 14.4. The molecular weight excluding hydrogens is 387 g/mol. The molecule has 1 fully saturated rings. The second-order valence-electron chi connectivity index (χ2n) is 9.97. The Labute approximate surface area is 189 Å². The van der Waals surface area contributed by atoms with Gasteiger partial charge in [-0.05, 0) is 64.6 Å². The summed E-state index contributed by atoms with van der Waals surface area (Å²) in [6, 6.07) is 10.3. The first-order valence-electron chi connectivity index (χ1n) is 11.4. The van der Waals surface area contributed by atoms with Gasteiger partial charge in [0.25, 0.3) is 0 Å². The van der Waals surface area contributed by atoms with Crippen molar-refractivity contribution in [2.24, 2.45) is 0 Å².